The van der Waals surface area contributed by atoms with Gasteiger partial charge in [0.1, 0.15) is 5.75 Å². The number of nitrogens with one attached hydrogen (secondary N) is 1. The summed E-state index contributed by atoms with van der Waals surface area (Å²) < 4.78 is 5.64. The van der Waals surface area contributed by atoms with E-state index in [1.54, 1.807) is 19.2 Å². The van der Waals surface area contributed by atoms with Crippen LogP contribution in [0.15, 0.2) is 40.9 Å². The Labute approximate surface area is 131 Å². The van der Waals surface area contributed by atoms with Gasteiger partial charge >= 0.3 is 0 Å². The van der Waals surface area contributed by atoms with Gasteiger partial charge in [-0.15, -0.1) is 0 Å². The Morgan fingerprint density at radius 3 is 2.67 bits per heavy atom. The van der Waals surface area contributed by atoms with E-state index in [0.717, 1.165) is 22.6 Å². The molecule has 2 rings (SSSR count). The van der Waals surface area contributed by atoms with Crippen molar-refractivity contribution in [1.29, 1.82) is 0 Å². The van der Waals surface area contributed by atoms with Crippen LogP contribution in [0, 0.1) is 17.0 Å². The minimum atomic E-state index is -0.397. The molecule has 2 aromatic rings. The molecule has 0 atom stereocenters. The number of nitro groups is 1. The van der Waals surface area contributed by atoms with Gasteiger partial charge in [-0.2, -0.15) is 0 Å². The van der Waals surface area contributed by atoms with Crippen LogP contribution in [-0.2, 0) is 6.54 Å². The summed E-state index contributed by atoms with van der Waals surface area (Å²) in [4.78, 5) is 10.5. The van der Waals surface area contributed by atoms with Crippen LogP contribution in [0.25, 0.3) is 0 Å². The molecule has 0 aliphatic heterocycles. The molecule has 0 aliphatic carbocycles. The van der Waals surface area contributed by atoms with Gasteiger partial charge in [0, 0.05) is 18.3 Å². The van der Waals surface area contributed by atoms with E-state index in [9.17, 15) is 10.1 Å². The second-order valence-corrected chi connectivity index (χ2v) is 5.43. The summed E-state index contributed by atoms with van der Waals surface area (Å²) in [7, 11) is 1.63. The fraction of sp³-hybridized carbons (Fsp3) is 0.200. The molecular weight excluding hydrogens is 336 g/mol. The molecule has 0 heterocycles. The van der Waals surface area contributed by atoms with E-state index < -0.39 is 4.92 Å². The topological polar surface area (TPSA) is 64.4 Å². The van der Waals surface area contributed by atoms with Gasteiger partial charge in [0.05, 0.1) is 16.5 Å². The fourth-order valence-corrected chi connectivity index (χ4v) is 2.36. The molecule has 0 amide bonds. The van der Waals surface area contributed by atoms with Gasteiger partial charge in [-0.05, 0) is 58.2 Å². The van der Waals surface area contributed by atoms with Gasteiger partial charge < -0.3 is 10.1 Å². The van der Waals surface area contributed by atoms with Crippen LogP contribution in [0.1, 0.15) is 11.1 Å². The van der Waals surface area contributed by atoms with Crippen molar-refractivity contribution in [3.8, 4) is 5.75 Å². The highest BCUT2D eigenvalue weighted by Crippen LogP contribution is 2.26. The zero-order chi connectivity index (χ0) is 15.4. The number of hydrogen-bond acceptors (Lipinski definition) is 4. The lowest BCUT2D eigenvalue weighted by molar-refractivity contribution is -0.385. The van der Waals surface area contributed by atoms with Crippen LogP contribution in [0.3, 0.4) is 0 Å². The number of nitrogens with zero attached hydrogens (tertiary/aromatic N) is 1. The zero-order valence-corrected chi connectivity index (χ0v) is 13.3. The summed E-state index contributed by atoms with van der Waals surface area (Å²) in [6.45, 7) is 2.50. The maximum atomic E-state index is 10.9. The van der Waals surface area contributed by atoms with E-state index in [1.807, 2.05) is 31.2 Å². The third-order valence-electron chi connectivity index (χ3n) is 3.12. The highest BCUT2D eigenvalue weighted by molar-refractivity contribution is 9.10. The first-order valence-corrected chi connectivity index (χ1v) is 7.12. The lowest BCUT2D eigenvalue weighted by Crippen LogP contribution is -2.02. The number of nitro benzene ring substituents is 1. The zero-order valence-electron chi connectivity index (χ0n) is 11.7. The maximum Gasteiger partial charge on any atom is 0.283 e. The number of methoxy groups -OCH3 is 1. The molecule has 0 fully saturated rings. The molecule has 0 radical (unpaired) electrons. The van der Waals surface area contributed by atoms with Crippen LogP contribution in [0.5, 0.6) is 5.75 Å². The SMILES string of the molecule is COc1ccc(NCc2ccc(Br)c([N+](=O)[O-])c2)c(C)c1. The molecule has 0 spiro atoms. The van der Waals surface area contributed by atoms with E-state index in [4.69, 9.17) is 4.74 Å². The third-order valence-corrected chi connectivity index (χ3v) is 3.79. The number of hydrogen-bond donors (Lipinski definition) is 1. The average Bonchev–Trinajstić information content (AvgIpc) is 2.47. The molecule has 0 bridgehead atoms. The van der Waals surface area contributed by atoms with Crippen LogP contribution < -0.4 is 10.1 Å². The molecule has 6 heteroatoms. The van der Waals surface area contributed by atoms with Crippen molar-refractivity contribution >= 4 is 27.3 Å². The molecule has 0 saturated carbocycles. The minimum absolute atomic E-state index is 0.0701. The van der Waals surface area contributed by atoms with E-state index in [0.29, 0.717) is 11.0 Å². The molecule has 2 aromatic carbocycles. The summed E-state index contributed by atoms with van der Waals surface area (Å²) in [5, 5.41) is 14.2. The van der Waals surface area contributed by atoms with Crippen LogP contribution in [0.4, 0.5) is 11.4 Å². The minimum Gasteiger partial charge on any atom is -0.497 e. The van der Waals surface area contributed by atoms with Gasteiger partial charge in [-0.3, -0.25) is 10.1 Å². The van der Waals surface area contributed by atoms with Crippen molar-refractivity contribution in [1.82, 2.24) is 0 Å². The number of ether oxygens (including phenoxy) is 1. The summed E-state index contributed by atoms with van der Waals surface area (Å²) >= 11 is 3.18. The predicted molar refractivity (Wildman–Crippen MR) is 85.9 cm³/mol. The van der Waals surface area contributed by atoms with Crippen molar-refractivity contribution in [3.05, 3.63) is 62.1 Å². The Morgan fingerprint density at radius 2 is 2.05 bits per heavy atom. The first kappa shape index (κ1) is 15.3. The molecule has 1 N–H and O–H groups in total. The summed E-state index contributed by atoms with van der Waals surface area (Å²) in [5.74, 6) is 0.803. The van der Waals surface area contributed by atoms with Crippen molar-refractivity contribution in [3.63, 3.8) is 0 Å². The molecule has 110 valence electrons. The van der Waals surface area contributed by atoms with Gasteiger partial charge in [0.25, 0.3) is 5.69 Å². The highest BCUT2D eigenvalue weighted by atomic mass is 79.9. The summed E-state index contributed by atoms with van der Waals surface area (Å²) in [6, 6.07) is 10.8. The third kappa shape index (κ3) is 3.72. The van der Waals surface area contributed by atoms with Crippen molar-refractivity contribution < 1.29 is 9.66 Å². The molecule has 0 saturated heterocycles. The van der Waals surface area contributed by atoms with Gasteiger partial charge in [-0.25, -0.2) is 0 Å². The first-order chi connectivity index (χ1) is 10.0. The number of rotatable bonds is 5. The quantitative estimate of drug-likeness (QED) is 0.645. The molecule has 0 aliphatic rings. The van der Waals surface area contributed by atoms with Crippen molar-refractivity contribution in [2.75, 3.05) is 12.4 Å². The number of anilines is 1. The number of halogens is 1. The molecule has 21 heavy (non-hydrogen) atoms. The molecular formula is C15H15BrN2O3. The fourth-order valence-electron chi connectivity index (χ4n) is 1.97. The Balaban J connectivity index is 2.13. The normalized spacial score (nSPS) is 10.2. The second kappa shape index (κ2) is 6.58. The number of benzene rings is 2. The average molecular weight is 351 g/mol. The summed E-state index contributed by atoms with van der Waals surface area (Å²) in [5.41, 5.74) is 2.95. The van der Waals surface area contributed by atoms with E-state index >= 15 is 0 Å². The summed E-state index contributed by atoms with van der Waals surface area (Å²) in [6.07, 6.45) is 0. The second-order valence-electron chi connectivity index (χ2n) is 4.58. The van der Waals surface area contributed by atoms with Gasteiger partial charge in [0.2, 0.25) is 0 Å². The van der Waals surface area contributed by atoms with Gasteiger partial charge in [-0.1, -0.05) is 6.07 Å². The maximum absolute atomic E-state index is 10.9. The monoisotopic (exact) mass is 350 g/mol. The van der Waals surface area contributed by atoms with Crippen LogP contribution >= 0.6 is 15.9 Å². The highest BCUT2D eigenvalue weighted by Gasteiger charge is 2.12. The lowest BCUT2D eigenvalue weighted by atomic mass is 10.1. The predicted octanol–water partition coefficient (Wildman–Crippen LogP) is 4.29. The largest absolute Gasteiger partial charge is 0.497 e. The Hall–Kier alpha value is -2.08. The van der Waals surface area contributed by atoms with Crippen molar-refractivity contribution in [2.45, 2.75) is 13.5 Å². The Bertz CT molecular complexity index is 674. The lowest BCUT2D eigenvalue weighted by Gasteiger charge is -2.11. The molecule has 5 nitrogen and oxygen atoms in total. The van der Waals surface area contributed by atoms with Crippen LogP contribution in [0.2, 0.25) is 0 Å². The standard InChI is InChI=1S/C15H15BrN2O3/c1-10-7-12(21-2)4-6-14(10)17-9-11-3-5-13(16)15(8-11)18(19)20/h3-8,17H,9H2,1-2H3. The van der Waals surface area contributed by atoms with Gasteiger partial charge in [0.15, 0.2) is 0 Å². The van der Waals surface area contributed by atoms with Crippen LogP contribution in [-0.4, -0.2) is 12.0 Å². The molecule has 0 unspecified atom stereocenters. The van der Waals surface area contributed by atoms with E-state index in [1.165, 1.54) is 0 Å². The van der Waals surface area contributed by atoms with E-state index in [2.05, 4.69) is 21.2 Å². The Morgan fingerprint density at radius 1 is 1.29 bits per heavy atom. The van der Waals surface area contributed by atoms with Crippen molar-refractivity contribution in [2.24, 2.45) is 0 Å². The smallest absolute Gasteiger partial charge is 0.283 e. The number of aryl methyl sites for hydroxylation is 1. The van der Waals surface area contributed by atoms with E-state index in [-0.39, 0.29) is 5.69 Å². The first-order valence-electron chi connectivity index (χ1n) is 6.32. The Kier molecular flexibility index (Phi) is 4.80. The molecule has 0 aromatic heterocycles.